The number of nitrogens with zero attached hydrogens (tertiary/aromatic N) is 3. The summed E-state index contributed by atoms with van der Waals surface area (Å²) < 4.78 is 39.2. The lowest BCUT2D eigenvalue weighted by molar-refractivity contribution is -0.0498. The molecule has 2 unspecified atom stereocenters. The van der Waals surface area contributed by atoms with Crippen LogP contribution in [0.5, 0.6) is 5.75 Å². The number of likely N-dealkylation sites (N-methyl/N-ethyl adjacent to an activating group) is 1. The van der Waals surface area contributed by atoms with Gasteiger partial charge in [0, 0.05) is 55.9 Å². The van der Waals surface area contributed by atoms with Gasteiger partial charge in [0.2, 0.25) is 5.43 Å². The lowest BCUT2D eigenvalue weighted by Gasteiger charge is -2.35. The largest absolute Gasteiger partial charge is 0.462 e. The minimum absolute atomic E-state index is 0.0344. The molecule has 5 rings (SSSR count). The summed E-state index contributed by atoms with van der Waals surface area (Å²) in [6.45, 7) is 2.46. The van der Waals surface area contributed by atoms with E-state index in [9.17, 15) is 18.4 Å². The zero-order chi connectivity index (χ0) is 23.3. The Bertz CT molecular complexity index is 1130. The first kappa shape index (κ1) is 22.3. The van der Waals surface area contributed by atoms with Crippen LogP contribution in [0, 0.1) is 0 Å². The van der Waals surface area contributed by atoms with Crippen LogP contribution in [0.3, 0.4) is 0 Å². The Morgan fingerprint density at radius 1 is 1.18 bits per heavy atom. The highest BCUT2D eigenvalue weighted by atomic mass is 19.3. The van der Waals surface area contributed by atoms with E-state index in [0.29, 0.717) is 17.1 Å². The van der Waals surface area contributed by atoms with Crippen LogP contribution in [0.15, 0.2) is 23.1 Å². The second-order valence-electron chi connectivity index (χ2n) is 9.33. The fourth-order valence-electron chi connectivity index (χ4n) is 5.39. The Morgan fingerprint density at radius 3 is 2.67 bits per heavy atom. The van der Waals surface area contributed by atoms with Gasteiger partial charge in [-0.3, -0.25) is 9.69 Å². The molecule has 2 aromatic rings. The number of rotatable bonds is 6. The van der Waals surface area contributed by atoms with Crippen molar-refractivity contribution in [2.75, 3.05) is 39.8 Å². The maximum absolute atomic E-state index is 13.6. The van der Waals surface area contributed by atoms with Crippen LogP contribution in [-0.4, -0.2) is 72.8 Å². The SMILES string of the molecule is CCOC(=O)c1cn(C2CC2)c2c(OC(F)F)c(C3CC4CN(C)CCN4C3)ccc2c1=O. The van der Waals surface area contributed by atoms with Crippen LogP contribution in [0.1, 0.15) is 54.1 Å². The van der Waals surface area contributed by atoms with E-state index < -0.39 is 18.0 Å². The van der Waals surface area contributed by atoms with Gasteiger partial charge in [-0.25, -0.2) is 4.79 Å². The Balaban J connectivity index is 1.65. The lowest BCUT2D eigenvalue weighted by Crippen LogP contribution is -2.48. The van der Waals surface area contributed by atoms with Gasteiger partial charge in [0.05, 0.1) is 17.5 Å². The van der Waals surface area contributed by atoms with Crippen molar-refractivity contribution < 1.29 is 23.0 Å². The van der Waals surface area contributed by atoms with Crippen molar-refractivity contribution in [2.24, 2.45) is 0 Å². The van der Waals surface area contributed by atoms with Crippen molar-refractivity contribution in [1.82, 2.24) is 14.4 Å². The molecule has 0 bridgehead atoms. The van der Waals surface area contributed by atoms with Crippen molar-refractivity contribution in [3.05, 3.63) is 39.7 Å². The fourth-order valence-corrected chi connectivity index (χ4v) is 5.39. The Morgan fingerprint density at radius 2 is 1.97 bits per heavy atom. The van der Waals surface area contributed by atoms with Gasteiger partial charge in [-0.15, -0.1) is 0 Å². The molecule has 2 saturated heterocycles. The topological polar surface area (TPSA) is 64.0 Å². The van der Waals surface area contributed by atoms with Crippen LogP contribution in [0.2, 0.25) is 0 Å². The second kappa shape index (κ2) is 8.68. The first-order chi connectivity index (χ1) is 15.9. The maximum atomic E-state index is 13.6. The third-order valence-electron chi connectivity index (χ3n) is 7.08. The van der Waals surface area contributed by atoms with Gasteiger partial charge < -0.3 is 18.9 Å². The number of halogens is 2. The molecule has 0 radical (unpaired) electrons. The number of ether oxygens (including phenoxy) is 2. The molecule has 1 saturated carbocycles. The molecule has 1 aromatic carbocycles. The van der Waals surface area contributed by atoms with Gasteiger partial charge in [0.1, 0.15) is 5.56 Å². The summed E-state index contributed by atoms with van der Waals surface area (Å²) in [6, 6.07) is 3.82. The van der Waals surface area contributed by atoms with Crippen molar-refractivity contribution in [3.63, 3.8) is 0 Å². The highest BCUT2D eigenvalue weighted by Crippen LogP contribution is 2.44. The van der Waals surface area contributed by atoms with Gasteiger partial charge >= 0.3 is 12.6 Å². The van der Waals surface area contributed by atoms with Gasteiger partial charge in [-0.05, 0) is 39.3 Å². The zero-order valence-corrected chi connectivity index (χ0v) is 18.9. The highest BCUT2D eigenvalue weighted by molar-refractivity contribution is 5.96. The molecule has 3 fully saturated rings. The molecule has 1 aromatic heterocycles. The molecule has 7 nitrogen and oxygen atoms in total. The minimum atomic E-state index is -3.02. The van der Waals surface area contributed by atoms with Crippen molar-refractivity contribution in [1.29, 1.82) is 0 Å². The Labute approximate surface area is 190 Å². The number of alkyl halides is 2. The molecule has 0 amide bonds. The molecule has 9 heteroatoms. The summed E-state index contributed by atoms with van der Waals surface area (Å²) in [6.07, 6.45) is 4.02. The van der Waals surface area contributed by atoms with Crippen molar-refractivity contribution in [3.8, 4) is 5.75 Å². The van der Waals surface area contributed by atoms with Crippen LogP contribution in [0.25, 0.3) is 10.9 Å². The number of carbonyl (C=O) groups excluding carboxylic acids is 1. The summed E-state index contributed by atoms with van der Waals surface area (Å²) >= 11 is 0. The van der Waals surface area contributed by atoms with Crippen LogP contribution in [0.4, 0.5) is 8.78 Å². The van der Waals surface area contributed by atoms with Gasteiger partial charge in [0.15, 0.2) is 5.75 Å². The molecule has 2 atom stereocenters. The standard InChI is InChI=1S/C24H29F2N3O4/c1-3-32-23(31)19-13-29(15-4-5-15)20-18(21(19)30)7-6-17(22(20)33-24(25)26)14-10-16-12-27(2)8-9-28(16)11-14/h6-7,13-16,24H,3-5,8-12H2,1-2H3. The first-order valence-corrected chi connectivity index (χ1v) is 11.6. The normalized spacial score (nSPS) is 23.8. The number of fused-ring (bicyclic) bond motifs is 2. The van der Waals surface area contributed by atoms with E-state index in [4.69, 9.17) is 9.47 Å². The van der Waals surface area contributed by atoms with E-state index in [1.807, 2.05) is 0 Å². The van der Waals surface area contributed by atoms with Gasteiger partial charge in [-0.1, -0.05) is 6.07 Å². The number of pyridine rings is 1. The lowest BCUT2D eigenvalue weighted by atomic mass is 9.93. The van der Waals surface area contributed by atoms with Crippen LogP contribution >= 0.6 is 0 Å². The summed E-state index contributed by atoms with van der Waals surface area (Å²) in [5.74, 6) is -0.594. The molecule has 33 heavy (non-hydrogen) atoms. The first-order valence-electron chi connectivity index (χ1n) is 11.6. The molecular weight excluding hydrogens is 432 g/mol. The molecule has 3 aliphatic rings. The number of hydrogen-bond acceptors (Lipinski definition) is 6. The maximum Gasteiger partial charge on any atom is 0.387 e. The number of carbonyl (C=O) groups is 1. The number of piperazine rings is 1. The zero-order valence-electron chi connectivity index (χ0n) is 18.9. The molecule has 178 valence electrons. The van der Waals surface area contributed by atoms with E-state index in [2.05, 4.69) is 16.8 Å². The van der Waals surface area contributed by atoms with Crippen LogP contribution < -0.4 is 10.2 Å². The highest BCUT2D eigenvalue weighted by Gasteiger charge is 2.38. The molecule has 2 aliphatic heterocycles. The number of benzene rings is 1. The Kier molecular flexibility index (Phi) is 5.86. The average Bonchev–Trinajstić information content (AvgIpc) is 3.53. The van der Waals surface area contributed by atoms with Crippen molar-refractivity contribution >= 4 is 16.9 Å². The van der Waals surface area contributed by atoms with E-state index in [1.165, 1.54) is 6.20 Å². The van der Waals surface area contributed by atoms with Crippen molar-refractivity contribution in [2.45, 2.75) is 50.8 Å². The fraction of sp³-hybridized carbons (Fsp3) is 0.583. The number of esters is 1. The average molecular weight is 462 g/mol. The van der Waals surface area contributed by atoms with E-state index in [0.717, 1.165) is 45.4 Å². The summed E-state index contributed by atoms with van der Waals surface area (Å²) in [5, 5.41) is 0.210. The summed E-state index contributed by atoms with van der Waals surface area (Å²) in [4.78, 5) is 30.3. The van der Waals surface area contributed by atoms with Crippen LogP contribution in [-0.2, 0) is 4.74 Å². The van der Waals surface area contributed by atoms with E-state index in [-0.39, 0.29) is 35.3 Å². The smallest absolute Gasteiger partial charge is 0.387 e. The third-order valence-corrected chi connectivity index (χ3v) is 7.08. The van der Waals surface area contributed by atoms with E-state index in [1.54, 1.807) is 23.6 Å². The summed E-state index contributed by atoms with van der Waals surface area (Å²) in [7, 11) is 2.10. The molecule has 0 spiro atoms. The van der Waals surface area contributed by atoms with Gasteiger partial charge in [0.25, 0.3) is 0 Å². The molecule has 3 heterocycles. The molecule has 0 N–H and O–H groups in total. The number of aromatic nitrogens is 1. The second-order valence-corrected chi connectivity index (χ2v) is 9.33. The molecule has 1 aliphatic carbocycles. The molecular formula is C24H29F2N3O4. The number of hydrogen-bond donors (Lipinski definition) is 0. The third kappa shape index (κ3) is 4.12. The quantitative estimate of drug-likeness (QED) is 0.616. The predicted octanol–water partition coefficient (Wildman–Crippen LogP) is 3.22. The summed E-state index contributed by atoms with van der Waals surface area (Å²) in [5.41, 5.74) is 0.470. The van der Waals surface area contributed by atoms with E-state index >= 15 is 0 Å². The minimum Gasteiger partial charge on any atom is -0.462 e. The predicted molar refractivity (Wildman–Crippen MR) is 119 cm³/mol. The Hall–Kier alpha value is -2.52. The monoisotopic (exact) mass is 461 g/mol. The van der Waals surface area contributed by atoms with Gasteiger partial charge in [-0.2, -0.15) is 8.78 Å².